The minimum Gasteiger partial charge on any atom is -0.258 e. The van der Waals surface area contributed by atoms with E-state index in [9.17, 15) is 14.5 Å². The van der Waals surface area contributed by atoms with Gasteiger partial charge < -0.3 is 0 Å². The lowest BCUT2D eigenvalue weighted by molar-refractivity contribution is -0.384. The van der Waals surface area contributed by atoms with Crippen molar-refractivity contribution in [3.05, 3.63) is 57.0 Å². The van der Waals surface area contributed by atoms with Crippen LogP contribution in [0.3, 0.4) is 0 Å². The number of nitrogens with zero attached hydrogens (tertiary/aromatic N) is 2. The Morgan fingerprint density at radius 2 is 2.06 bits per heavy atom. The highest BCUT2D eigenvalue weighted by molar-refractivity contribution is 6.29. The highest BCUT2D eigenvalue weighted by atomic mass is 35.5. The van der Waals surface area contributed by atoms with Gasteiger partial charge in [0.15, 0.2) is 0 Å². The zero-order valence-electron chi connectivity index (χ0n) is 9.35. The Hall–Kier alpha value is -2.01. The summed E-state index contributed by atoms with van der Waals surface area (Å²) in [5, 5.41) is 11.1. The SMILES string of the molecule is Cc1c(F)cccc1-c1nc(Cl)ccc1[N+](=O)[O-]. The van der Waals surface area contributed by atoms with E-state index in [-0.39, 0.29) is 16.5 Å². The van der Waals surface area contributed by atoms with Gasteiger partial charge in [0.2, 0.25) is 0 Å². The normalized spacial score (nSPS) is 10.4. The molecule has 1 aromatic heterocycles. The quantitative estimate of drug-likeness (QED) is 0.472. The van der Waals surface area contributed by atoms with Crippen molar-refractivity contribution in [1.29, 1.82) is 0 Å². The third-order valence-corrected chi connectivity index (χ3v) is 2.77. The van der Waals surface area contributed by atoms with Crippen LogP contribution in [0.1, 0.15) is 5.56 Å². The van der Waals surface area contributed by atoms with Crippen molar-refractivity contribution >= 4 is 17.3 Å². The molecular formula is C12H8ClFN2O2. The average molecular weight is 267 g/mol. The topological polar surface area (TPSA) is 56.0 Å². The molecule has 0 fully saturated rings. The highest BCUT2D eigenvalue weighted by Crippen LogP contribution is 2.32. The molecule has 0 radical (unpaired) electrons. The summed E-state index contributed by atoms with van der Waals surface area (Å²) in [7, 11) is 0. The summed E-state index contributed by atoms with van der Waals surface area (Å²) in [5.74, 6) is -0.441. The monoisotopic (exact) mass is 266 g/mol. The number of hydrogen-bond donors (Lipinski definition) is 0. The van der Waals surface area contributed by atoms with Crippen LogP contribution in [0.4, 0.5) is 10.1 Å². The Morgan fingerprint density at radius 1 is 1.33 bits per heavy atom. The molecule has 0 N–H and O–H groups in total. The number of rotatable bonds is 2. The van der Waals surface area contributed by atoms with Crippen LogP contribution in [0.2, 0.25) is 5.15 Å². The number of halogens is 2. The van der Waals surface area contributed by atoms with Gasteiger partial charge in [0, 0.05) is 11.6 Å². The average Bonchev–Trinajstić information content (AvgIpc) is 2.32. The third kappa shape index (κ3) is 2.17. The zero-order chi connectivity index (χ0) is 13.3. The predicted molar refractivity (Wildman–Crippen MR) is 66.0 cm³/mol. The Kier molecular flexibility index (Phi) is 3.25. The van der Waals surface area contributed by atoms with E-state index in [0.717, 1.165) is 0 Å². The number of pyridine rings is 1. The van der Waals surface area contributed by atoms with E-state index < -0.39 is 10.7 Å². The summed E-state index contributed by atoms with van der Waals surface area (Å²) < 4.78 is 13.5. The Bertz CT molecular complexity index is 631. The van der Waals surface area contributed by atoms with Gasteiger partial charge in [-0.1, -0.05) is 23.7 Å². The van der Waals surface area contributed by atoms with Crippen LogP contribution in [0, 0.1) is 22.9 Å². The van der Waals surface area contributed by atoms with Crippen LogP contribution in [0.25, 0.3) is 11.3 Å². The van der Waals surface area contributed by atoms with Crippen molar-refractivity contribution in [3.63, 3.8) is 0 Å². The standard InChI is InChI=1S/C12H8ClFN2O2/c1-7-8(3-2-4-9(7)14)12-10(16(17)18)5-6-11(13)15-12/h2-6H,1H3. The van der Waals surface area contributed by atoms with Crippen LogP contribution in [-0.2, 0) is 0 Å². The van der Waals surface area contributed by atoms with Crippen molar-refractivity contribution in [1.82, 2.24) is 4.98 Å². The molecule has 92 valence electrons. The fraction of sp³-hybridized carbons (Fsp3) is 0.0833. The molecule has 0 saturated carbocycles. The molecule has 0 bridgehead atoms. The molecule has 2 rings (SSSR count). The first-order chi connectivity index (χ1) is 8.50. The van der Waals surface area contributed by atoms with Gasteiger partial charge in [-0.25, -0.2) is 9.37 Å². The molecule has 1 heterocycles. The molecular weight excluding hydrogens is 259 g/mol. The van der Waals surface area contributed by atoms with E-state index in [1.807, 2.05) is 0 Å². The number of benzene rings is 1. The van der Waals surface area contributed by atoms with Crippen molar-refractivity contribution in [2.45, 2.75) is 6.92 Å². The first-order valence-corrected chi connectivity index (χ1v) is 5.45. The highest BCUT2D eigenvalue weighted by Gasteiger charge is 2.19. The van der Waals surface area contributed by atoms with E-state index in [2.05, 4.69) is 4.98 Å². The molecule has 0 saturated heterocycles. The van der Waals surface area contributed by atoms with Gasteiger partial charge in [-0.15, -0.1) is 0 Å². The van der Waals surface area contributed by atoms with Gasteiger partial charge in [0.25, 0.3) is 5.69 Å². The summed E-state index contributed by atoms with van der Waals surface area (Å²) in [6.45, 7) is 1.54. The van der Waals surface area contributed by atoms with E-state index in [1.54, 1.807) is 6.07 Å². The largest absolute Gasteiger partial charge is 0.295 e. The summed E-state index contributed by atoms with van der Waals surface area (Å²) in [5.41, 5.74) is 0.539. The van der Waals surface area contributed by atoms with Crippen molar-refractivity contribution in [2.24, 2.45) is 0 Å². The van der Waals surface area contributed by atoms with Gasteiger partial charge in [0.1, 0.15) is 16.7 Å². The first kappa shape index (κ1) is 12.4. The number of aromatic nitrogens is 1. The predicted octanol–water partition coefficient (Wildman–Crippen LogP) is 3.76. The summed E-state index contributed by atoms with van der Waals surface area (Å²) in [4.78, 5) is 14.3. The maximum Gasteiger partial charge on any atom is 0.295 e. The van der Waals surface area contributed by atoms with Gasteiger partial charge in [-0.3, -0.25) is 10.1 Å². The van der Waals surface area contributed by atoms with Crippen molar-refractivity contribution in [2.75, 3.05) is 0 Å². The van der Waals surface area contributed by atoms with E-state index in [0.29, 0.717) is 11.1 Å². The molecule has 4 nitrogen and oxygen atoms in total. The molecule has 0 unspecified atom stereocenters. The summed E-state index contributed by atoms with van der Waals surface area (Å²) in [6.07, 6.45) is 0. The Morgan fingerprint density at radius 3 is 2.72 bits per heavy atom. The smallest absolute Gasteiger partial charge is 0.258 e. The molecule has 6 heteroatoms. The van der Waals surface area contributed by atoms with Gasteiger partial charge in [-0.05, 0) is 24.6 Å². The Labute approximate surface area is 107 Å². The van der Waals surface area contributed by atoms with Crippen LogP contribution < -0.4 is 0 Å². The first-order valence-electron chi connectivity index (χ1n) is 5.07. The minimum absolute atomic E-state index is 0.0736. The zero-order valence-corrected chi connectivity index (χ0v) is 10.1. The third-order valence-electron chi connectivity index (χ3n) is 2.56. The molecule has 0 aliphatic rings. The molecule has 2 aromatic rings. The lowest BCUT2D eigenvalue weighted by Crippen LogP contribution is -1.97. The molecule has 0 aliphatic heterocycles. The lowest BCUT2D eigenvalue weighted by Gasteiger charge is -2.06. The van der Waals surface area contributed by atoms with Gasteiger partial charge >= 0.3 is 0 Å². The molecule has 0 amide bonds. The maximum absolute atomic E-state index is 13.5. The lowest BCUT2D eigenvalue weighted by atomic mass is 10.0. The van der Waals surface area contributed by atoms with Gasteiger partial charge in [0.05, 0.1) is 4.92 Å². The summed E-state index contributed by atoms with van der Waals surface area (Å²) in [6, 6.07) is 6.93. The number of nitro groups is 1. The molecule has 1 aromatic carbocycles. The molecule has 0 atom stereocenters. The summed E-state index contributed by atoms with van der Waals surface area (Å²) >= 11 is 5.74. The second-order valence-corrected chi connectivity index (χ2v) is 4.06. The van der Waals surface area contributed by atoms with Crippen molar-refractivity contribution < 1.29 is 9.31 Å². The fourth-order valence-corrected chi connectivity index (χ4v) is 1.79. The van der Waals surface area contributed by atoms with E-state index in [1.165, 1.54) is 31.2 Å². The second-order valence-electron chi connectivity index (χ2n) is 3.67. The molecule has 0 aliphatic carbocycles. The molecule has 0 spiro atoms. The fourth-order valence-electron chi connectivity index (χ4n) is 1.64. The number of hydrogen-bond acceptors (Lipinski definition) is 3. The second kappa shape index (κ2) is 4.70. The van der Waals surface area contributed by atoms with Gasteiger partial charge in [-0.2, -0.15) is 0 Å². The minimum atomic E-state index is -0.566. The Balaban J connectivity index is 2.73. The van der Waals surface area contributed by atoms with Crippen LogP contribution in [0.15, 0.2) is 30.3 Å². The van der Waals surface area contributed by atoms with Crippen molar-refractivity contribution in [3.8, 4) is 11.3 Å². The van der Waals surface area contributed by atoms with Crippen LogP contribution in [-0.4, -0.2) is 9.91 Å². The van der Waals surface area contributed by atoms with Crippen LogP contribution >= 0.6 is 11.6 Å². The van der Waals surface area contributed by atoms with E-state index in [4.69, 9.17) is 11.6 Å². The maximum atomic E-state index is 13.5. The van der Waals surface area contributed by atoms with E-state index >= 15 is 0 Å². The molecule has 18 heavy (non-hydrogen) atoms. The van der Waals surface area contributed by atoms with Crippen LogP contribution in [0.5, 0.6) is 0 Å².